The van der Waals surface area contributed by atoms with E-state index in [-0.39, 0.29) is 29.3 Å². The smallest absolute Gasteiger partial charge is 0.243 e. The third-order valence-corrected chi connectivity index (χ3v) is 5.41. The average molecular weight is 356 g/mol. The van der Waals surface area contributed by atoms with Crippen LogP contribution in [-0.4, -0.2) is 45.4 Å². The number of hydrogen-bond donors (Lipinski definition) is 1. The minimum absolute atomic E-state index is 0.0569. The van der Waals surface area contributed by atoms with Crippen LogP contribution in [0.1, 0.15) is 33.3 Å². The first kappa shape index (κ1) is 20.4. The van der Waals surface area contributed by atoms with Crippen LogP contribution in [0.2, 0.25) is 0 Å². The summed E-state index contributed by atoms with van der Waals surface area (Å²) in [7, 11) is -2.19. The number of carbonyl (C=O) groups excluding carboxylic acids is 1. The van der Waals surface area contributed by atoms with E-state index in [9.17, 15) is 13.2 Å². The Bertz CT molecular complexity index is 678. The Balaban J connectivity index is 2.93. The molecule has 0 atom stereocenters. The standard InChI is InChI=1S/C17H28N2O4S/c1-7-19(11-16(20)18-12-17(3,4)5)24(21,22)14-8-9-15(23-6)13(2)10-14/h8-10H,7,11-12H2,1-6H3,(H,18,20). The van der Waals surface area contributed by atoms with Crippen LogP contribution in [0.15, 0.2) is 23.1 Å². The van der Waals surface area contributed by atoms with Crippen LogP contribution in [0.3, 0.4) is 0 Å². The number of likely N-dealkylation sites (N-methyl/N-ethyl adjacent to an activating group) is 1. The second kappa shape index (κ2) is 7.98. The van der Waals surface area contributed by atoms with E-state index in [1.807, 2.05) is 20.8 Å². The molecule has 0 fully saturated rings. The van der Waals surface area contributed by atoms with Crippen LogP contribution < -0.4 is 10.1 Å². The number of nitrogens with zero attached hydrogens (tertiary/aromatic N) is 1. The van der Waals surface area contributed by atoms with Crippen LogP contribution in [-0.2, 0) is 14.8 Å². The summed E-state index contributed by atoms with van der Waals surface area (Å²) in [5.41, 5.74) is 0.672. The van der Waals surface area contributed by atoms with Gasteiger partial charge in [0.05, 0.1) is 18.6 Å². The summed E-state index contributed by atoms with van der Waals surface area (Å²) in [4.78, 5) is 12.2. The van der Waals surface area contributed by atoms with Crippen molar-refractivity contribution in [3.63, 3.8) is 0 Å². The Hall–Kier alpha value is -1.60. The zero-order valence-electron chi connectivity index (χ0n) is 15.3. The number of amides is 1. The highest BCUT2D eigenvalue weighted by molar-refractivity contribution is 7.89. The number of sulfonamides is 1. The van der Waals surface area contributed by atoms with Crippen molar-refractivity contribution >= 4 is 15.9 Å². The first-order valence-electron chi connectivity index (χ1n) is 7.92. The molecule has 1 aromatic carbocycles. The largest absolute Gasteiger partial charge is 0.496 e. The monoisotopic (exact) mass is 356 g/mol. The van der Waals surface area contributed by atoms with Crippen molar-refractivity contribution < 1.29 is 17.9 Å². The highest BCUT2D eigenvalue weighted by atomic mass is 32.2. The van der Waals surface area contributed by atoms with Crippen molar-refractivity contribution in [3.05, 3.63) is 23.8 Å². The summed E-state index contributed by atoms with van der Waals surface area (Å²) in [5, 5.41) is 2.78. The molecule has 136 valence electrons. The van der Waals surface area contributed by atoms with Crippen molar-refractivity contribution in [2.24, 2.45) is 5.41 Å². The van der Waals surface area contributed by atoms with Crippen molar-refractivity contribution in [2.45, 2.75) is 39.5 Å². The van der Waals surface area contributed by atoms with Gasteiger partial charge in [-0.3, -0.25) is 4.79 Å². The minimum Gasteiger partial charge on any atom is -0.496 e. The summed E-state index contributed by atoms with van der Waals surface area (Å²) in [5.74, 6) is 0.320. The number of aryl methyl sites for hydroxylation is 1. The lowest BCUT2D eigenvalue weighted by molar-refractivity contribution is -0.121. The van der Waals surface area contributed by atoms with Crippen LogP contribution in [0.5, 0.6) is 5.75 Å². The summed E-state index contributed by atoms with van der Waals surface area (Å²) >= 11 is 0. The molecule has 0 heterocycles. The van der Waals surface area contributed by atoms with Gasteiger partial charge in [0.25, 0.3) is 0 Å². The fraction of sp³-hybridized carbons (Fsp3) is 0.588. The van der Waals surface area contributed by atoms with E-state index in [1.54, 1.807) is 26.0 Å². The molecule has 7 heteroatoms. The molecule has 0 bridgehead atoms. The molecule has 0 aliphatic heterocycles. The number of rotatable bonds is 7. The lowest BCUT2D eigenvalue weighted by Crippen LogP contribution is -2.42. The third-order valence-electron chi connectivity index (χ3n) is 3.49. The molecule has 1 amide bonds. The Morgan fingerprint density at radius 2 is 1.92 bits per heavy atom. The minimum atomic E-state index is -3.73. The van der Waals surface area contributed by atoms with E-state index < -0.39 is 10.0 Å². The van der Waals surface area contributed by atoms with Gasteiger partial charge < -0.3 is 10.1 Å². The normalized spacial score (nSPS) is 12.3. The maximum Gasteiger partial charge on any atom is 0.243 e. The number of hydrogen-bond acceptors (Lipinski definition) is 4. The van der Waals surface area contributed by atoms with Crippen molar-refractivity contribution in [1.29, 1.82) is 0 Å². The Morgan fingerprint density at radius 3 is 2.38 bits per heavy atom. The molecule has 0 saturated carbocycles. The zero-order valence-corrected chi connectivity index (χ0v) is 16.2. The number of methoxy groups -OCH3 is 1. The summed E-state index contributed by atoms with van der Waals surface area (Å²) in [6.07, 6.45) is 0. The van der Waals surface area contributed by atoms with Crippen molar-refractivity contribution in [3.8, 4) is 5.75 Å². The highest BCUT2D eigenvalue weighted by Gasteiger charge is 2.26. The highest BCUT2D eigenvalue weighted by Crippen LogP contribution is 2.23. The third kappa shape index (κ3) is 5.49. The maximum atomic E-state index is 12.8. The molecule has 0 spiro atoms. The van der Waals surface area contributed by atoms with E-state index in [0.717, 1.165) is 5.56 Å². The quantitative estimate of drug-likeness (QED) is 0.812. The van der Waals surface area contributed by atoms with E-state index in [4.69, 9.17) is 4.74 Å². The van der Waals surface area contributed by atoms with Gasteiger partial charge in [-0.2, -0.15) is 4.31 Å². The predicted octanol–water partition coefficient (Wildman–Crippen LogP) is 2.18. The molecule has 24 heavy (non-hydrogen) atoms. The van der Waals surface area contributed by atoms with Crippen LogP contribution in [0, 0.1) is 12.3 Å². The van der Waals surface area contributed by atoms with Gasteiger partial charge in [0, 0.05) is 13.1 Å². The summed E-state index contributed by atoms with van der Waals surface area (Å²) in [6, 6.07) is 4.68. The van der Waals surface area contributed by atoms with Crippen molar-refractivity contribution in [2.75, 3.05) is 26.7 Å². The lowest BCUT2D eigenvalue weighted by atomic mass is 9.97. The van der Waals surface area contributed by atoms with Gasteiger partial charge in [0.1, 0.15) is 5.75 Å². The molecule has 0 radical (unpaired) electrons. The lowest BCUT2D eigenvalue weighted by Gasteiger charge is -2.23. The van der Waals surface area contributed by atoms with E-state index >= 15 is 0 Å². The topological polar surface area (TPSA) is 75.7 Å². The van der Waals surface area contributed by atoms with Crippen LogP contribution in [0.25, 0.3) is 0 Å². The number of nitrogens with one attached hydrogen (secondary N) is 1. The van der Waals surface area contributed by atoms with Gasteiger partial charge in [0.2, 0.25) is 15.9 Å². The molecule has 6 nitrogen and oxygen atoms in total. The zero-order chi connectivity index (χ0) is 18.5. The second-order valence-corrected chi connectivity index (χ2v) is 8.84. The fourth-order valence-corrected chi connectivity index (χ4v) is 3.60. The molecule has 0 aromatic heterocycles. The van der Waals surface area contributed by atoms with Gasteiger partial charge in [-0.1, -0.05) is 27.7 Å². The predicted molar refractivity (Wildman–Crippen MR) is 94.6 cm³/mol. The molecule has 0 unspecified atom stereocenters. The molecular formula is C17H28N2O4S. The molecule has 1 N–H and O–H groups in total. The van der Waals surface area contributed by atoms with Crippen molar-refractivity contribution in [1.82, 2.24) is 9.62 Å². The summed E-state index contributed by atoms with van der Waals surface area (Å²) < 4.78 is 31.8. The molecule has 1 rings (SSSR count). The van der Waals surface area contributed by atoms with Gasteiger partial charge in [-0.25, -0.2) is 8.42 Å². The second-order valence-electron chi connectivity index (χ2n) is 6.90. The molecule has 0 aliphatic carbocycles. The first-order valence-corrected chi connectivity index (χ1v) is 9.36. The Kier molecular flexibility index (Phi) is 6.80. The Labute approximate surface area is 145 Å². The van der Waals surface area contributed by atoms with Crippen LogP contribution in [0.4, 0.5) is 0 Å². The number of benzene rings is 1. The van der Waals surface area contributed by atoms with Gasteiger partial charge in [-0.05, 0) is 36.1 Å². The Morgan fingerprint density at radius 1 is 1.29 bits per heavy atom. The van der Waals surface area contributed by atoms with Crippen LogP contribution >= 0.6 is 0 Å². The fourth-order valence-electron chi connectivity index (χ4n) is 2.11. The molecule has 1 aromatic rings. The SMILES string of the molecule is CCN(CC(=O)NCC(C)(C)C)S(=O)(=O)c1ccc(OC)c(C)c1. The number of ether oxygens (including phenoxy) is 1. The van der Waals surface area contributed by atoms with E-state index in [0.29, 0.717) is 12.3 Å². The van der Waals surface area contributed by atoms with E-state index in [1.165, 1.54) is 17.5 Å². The molecular weight excluding hydrogens is 328 g/mol. The molecule has 0 saturated heterocycles. The summed E-state index contributed by atoms with van der Waals surface area (Å²) in [6.45, 7) is 10.0. The first-order chi connectivity index (χ1) is 11.0. The maximum absolute atomic E-state index is 12.8. The molecule has 0 aliphatic rings. The van der Waals surface area contributed by atoms with E-state index in [2.05, 4.69) is 5.32 Å². The van der Waals surface area contributed by atoms with Gasteiger partial charge >= 0.3 is 0 Å². The van der Waals surface area contributed by atoms with Gasteiger partial charge in [0.15, 0.2) is 0 Å². The van der Waals surface area contributed by atoms with Gasteiger partial charge in [-0.15, -0.1) is 0 Å². The average Bonchev–Trinajstić information content (AvgIpc) is 2.49. The number of carbonyl (C=O) groups is 1.